The van der Waals surface area contributed by atoms with Gasteiger partial charge in [-0.2, -0.15) is 4.31 Å². The van der Waals surface area contributed by atoms with Crippen LogP contribution < -0.4 is 9.46 Å². The molecular formula is C28H28N2O5S2. The average molecular weight is 537 g/mol. The van der Waals surface area contributed by atoms with Crippen molar-refractivity contribution in [1.29, 1.82) is 0 Å². The van der Waals surface area contributed by atoms with Gasteiger partial charge in [-0.05, 0) is 41.5 Å². The van der Waals surface area contributed by atoms with Gasteiger partial charge in [-0.25, -0.2) is 21.6 Å². The van der Waals surface area contributed by atoms with Gasteiger partial charge in [0.25, 0.3) is 0 Å². The Morgan fingerprint density at radius 2 is 1.19 bits per heavy atom. The summed E-state index contributed by atoms with van der Waals surface area (Å²) < 4.78 is 62.3. The Labute approximate surface area is 218 Å². The zero-order chi connectivity index (χ0) is 26.3. The third kappa shape index (κ3) is 6.64. The highest BCUT2D eigenvalue weighted by atomic mass is 32.2. The number of sulfonamides is 2. The monoisotopic (exact) mass is 536 g/mol. The maximum absolute atomic E-state index is 13.7. The predicted molar refractivity (Wildman–Crippen MR) is 143 cm³/mol. The van der Waals surface area contributed by atoms with Crippen molar-refractivity contribution in [2.45, 2.75) is 29.4 Å². The first kappa shape index (κ1) is 26.6. The van der Waals surface area contributed by atoms with Gasteiger partial charge in [0, 0.05) is 25.2 Å². The lowest BCUT2D eigenvalue weighted by Gasteiger charge is -2.23. The van der Waals surface area contributed by atoms with E-state index < -0.39 is 20.0 Å². The summed E-state index contributed by atoms with van der Waals surface area (Å²) in [5.41, 5.74) is 2.36. The summed E-state index contributed by atoms with van der Waals surface area (Å²) in [6, 6.07) is 31.0. The minimum absolute atomic E-state index is 0.000313. The molecule has 0 bridgehead atoms. The molecular weight excluding hydrogens is 508 g/mol. The van der Waals surface area contributed by atoms with E-state index in [0.717, 1.165) is 11.1 Å². The molecule has 0 heterocycles. The number of methoxy groups -OCH3 is 1. The highest BCUT2D eigenvalue weighted by Gasteiger charge is 2.27. The Morgan fingerprint density at radius 3 is 1.81 bits per heavy atom. The van der Waals surface area contributed by atoms with E-state index in [0.29, 0.717) is 11.3 Å². The summed E-state index contributed by atoms with van der Waals surface area (Å²) in [4.78, 5) is -0.0120. The number of rotatable bonds is 11. The number of nitrogens with zero attached hydrogens (tertiary/aromatic N) is 1. The van der Waals surface area contributed by atoms with Crippen LogP contribution in [0.4, 0.5) is 0 Å². The lowest BCUT2D eigenvalue weighted by atomic mass is 10.2. The van der Waals surface area contributed by atoms with Gasteiger partial charge in [-0.1, -0.05) is 78.9 Å². The van der Waals surface area contributed by atoms with Gasteiger partial charge in [-0.3, -0.25) is 0 Å². The molecule has 9 heteroatoms. The van der Waals surface area contributed by atoms with Gasteiger partial charge >= 0.3 is 0 Å². The van der Waals surface area contributed by atoms with Crippen LogP contribution in [-0.2, 0) is 39.7 Å². The second kappa shape index (κ2) is 11.7. The first-order valence-electron chi connectivity index (χ1n) is 11.6. The minimum Gasteiger partial charge on any atom is -0.496 e. The molecule has 0 amide bonds. The number of hydrogen-bond donors (Lipinski definition) is 1. The van der Waals surface area contributed by atoms with Crippen LogP contribution in [0.1, 0.15) is 16.7 Å². The summed E-state index contributed by atoms with van der Waals surface area (Å²) >= 11 is 0. The molecule has 4 aromatic carbocycles. The summed E-state index contributed by atoms with van der Waals surface area (Å²) in [6.07, 6.45) is 0. The van der Waals surface area contributed by atoms with Crippen LogP contribution in [0.15, 0.2) is 119 Å². The topological polar surface area (TPSA) is 92.8 Å². The number of ether oxygens (including phenoxy) is 1. The molecule has 0 saturated carbocycles. The molecule has 4 rings (SSSR count). The third-order valence-corrected chi connectivity index (χ3v) is 9.04. The molecule has 1 N–H and O–H groups in total. The molecule has 37 heavy (non-hydrogen) atoms. The molecule has 0 spiro atoms. The van der Waals surface area contributed by atoms with E-state index in [1.165, 1.54) is 28.6 Å². The van der Waals surface area contributed by atoms with Gasteiger partial charge in [-0.15, -0.1) is 0 Å². The molecule has 0 atom stereocenters. The zero-order valence-corrected chi connectivity index (χ0v) is 22.0. The van der Waals surface area contributed by atoms with Crippen molar-refractivity contribution in [3.8, 4) is 5.75 Å². The van der Waals surface area contributed by atoms with Crippen LogP contribution in [0.25, 0.3) is 0 Å². The maximum atomic E-state index is 13.7. The largest absolute Gasteiger partial charge is 0.496 e. The Morgan fingerprint density at radius 1 is 0.649 bits per heavy atom. The molecule has 0 fully saturated rings. The van der Waals surface area contributed by atoms with Crippen molar-refractivity contribution >= 4 is 20.0 Å². The van der Waals surface area contributed by atoms with Crippen LogP contribution in [0.2, 0.25) is 0 Å². The first-order chi connectivity index (χ1) is 17.8. The van der Waals surface area contributed by atoms with E-state index in [4.69, 9.17) is 4.74 Å². The molecule has 0 aromatic heterocycles. The van der Waals surface area contributed by atoms with Crippen LogP contribution >= 0.6 is 0 Å². The smallest absolute Gasteiger partial charge is 0.243 e. The van der Waals surface area contributed by atoms with Crippen LogP contribution in [0.5, 0.6) is 5.75 Å². The van der Waals surface area contributed by atoms with Crippen molar-refractivity contribution in [1.82, 2.24) is 9.03 Å². The van der Waals surface area contributed by atoms with Crippen molar-refractivity contribution in [2.75, 3.05) is 7.11 Å². The van der Waals surface area contributed by atoms with E-state index in [9.17, 15) is 16.8 Å². The number of hydrogen-bond acceptors (Lipinski definition) is 5. The van der Waals surface area contributed by atoms with Crippen molar-refractivity contribution in [3.63, 3.8) is 0 Å². The van der Waals surface area contributed by atoms with E-state index in [1.807, 2.05) is 78.9 Å². The summed E-state index contributed by atoms with van der Waals surface area (Å²) in [7, 11) is -6.26. The van der Waals surface area contributed by atoms with Crippen molar-refractivity contribution in [2.24, 2.45) is 0 Å². The molecule has 7 nitrogen and oxygen atoms in total. The minimum atomic E-state index is -3.98. The van der Waals surface area contributed by atoms with Gasteiger partial charge < -0.3 is 4.74 Å². The number of nitrogens with one attached hydrogen (secondary N) is 1. The fourth-order valence-corrected chi connectivity index (χ4v) is 6.26. The number of para-hydroxylation sites is 1. The molecule has 0 radical (unpaired) electrons. The normalized spacial score (nSPS) is 11.9. The Bertz CT molecular complexity index is 1520. The lowest BCUT2D eigenvalue weighted by Crippen LogP contribution is -2.30. The lowest BCUT2D eigenvalue weighted by molar-refractivity contribution is 0.375. The van der Waals surface area contributed by atoms with Crippen LogP contribution in [0, 0.1) is 0 Å². The number of benzene rings is 4. The quantitative estimate of drug-likeness (QED) is 0.303. The van der Waals surface area contributed by atoms with Crippen molar-refractivity contribution < 1.29 is 21.6 Å². The van der Waals surface area contributed by atoms with E-state index in [-0.39, 0.29) is 29.4 Å². The summed E-state index contributed by atoms with van der Waals surface area (Å²) in [5, 5.41) is 0. The van der Waals surface area contributed by atoms with Crippen LogP contribution in [-0.4, -0.2) is 28.3 Å². The zero-order valence-electron chi connectivity index (χ0n) is 20.3. The SMILES string of the molecule is COc1ccccc1CN(Cc1ccccc1)S(=O)(=O)c1ccc(S(=O)(=O)NCc2ccccc2)cc1. The van der Waals surface area contributed by atoms with Gasteiger partial charge in [0.15, 0.2) is 0 Å². The van der Waals surface area contributed by atoms with Crippen molar-refractivity contribution in [3.05, 3.63) is 126 Å². The fourth-order valence-electron chi connectivity index (χ4n) is 3.83. The first-order valence-corrected chi connectivity index (χ1v) is 14.5. The van der Waals surface area contributed by atoms with E-state index >= 15 is 0 Å². The van der Waals surface area contributed by atoms with E-state index in [2.05, 4.69) is 4.72 Å². The summed E-state index contributed by atoms with van der Waals surface area (Å²) in [6.45, 7) is 0.354. The molecule has 192 valence electrons. The summed E-state index contributed by atoms with van der Waals surface area (Å²) in [5.74, 6) is 0.585. The van der Waals surface area contributed by atoms with Gasteiger partial charge in [0.05, 0.1) is 16.9 Å². The molecule has 0 aliphatic heterocycles. The molecule has 0 saturated heterocycles. The fraction of sp³-hybridized carbons (Fsp3) is 0.143. The molecule has 0 aliphatic carbocycles. The second-order valence-corrected chi connectivity index (χ2v) is 12.1. The highest BCUT2D eigenvalue weighted by molar-refractivity contribution is 7.89. The predicted octanol–water partition coefficient (Wildman–Crippen LogP) is 4.56. The Hall–Kier alpha value is -3.50. The maximum Gasteiger partial charge on any atom is 0.243 e. The van der Waals surface area contributed by atoms with Gasteiger partial charge in [0.1, 0.15) is 5.75 Å². The standard InChI is InChI=1S/C28H28N2O5S2/c1-35-28-15-9-8-14-25(28)22-30(21-24-12-6-3-7-13-24)37(33,34)27-18-16-26(17-19-27)36(31,32)29-20-23-10-4-2-5-11-23/h2-19,29H,20-22H2,1H3. The highest BCUT2D eigenvalue weighted by Crippen LogP contribution is 2.26. The Kier molecular flexibility index (Phi) is 8.40. The molecule has 4 aromatic rings. The average Bonchev–Trinajstić information content (AvgIpc) is 2.93. The van der Waals surface area contributed by atoms with Gasteiger partial charge in [0.2, 0.25) is 20.0 Å². The van der Waals surface area contributed by atoms with E-state index in [1.54, 1.807) is 13.2 Å². The molecule has 0 unspecified atom stereocenters. The Balaban J connectivity index is 1.60. The second-order valence-electron chi connectivity index (χ2n) is 8.35. The third-order valence-electron chi connectivity index (χ3n) is 5.82. The van der Waals surface area contributed by atoms with Crippen LogP contribution in [0.3, 0.4) is 0 Å². The molecule has 0 aliphatic rings.